The average molecular weight is 200 g/mol. The quantitative estimate of drug-likeness (QED) is 0.367. The third-order valence-corrected chi connectivity index (χ3v) is 1.62. The number of carbonyl (C=O) groups is 2. The topological polar surface area (TPSA) is 78.8 Å². The van der Waals surface area contributed by atoms with Gasteiger partial charge in [0.1, 0.15) is 6.21 Å². The zero-order valence-electron chi connectivity index (χ0n) is 8.32. The van der Waals surface area contributed by atoms with Crippen molar-refractivity contribution in [2.45, 2.75) is 39.0 Å². The number of amides is 1. The van der Waals surface area contributed by atoms with E-state index in [1.807, 2.05) is 0 Å². The third-order valence-electron chi connectivity index (χ3n) is 1.62. The lowest BCUT2D eigenvalue weighted by atomic mass is 10.1. The molecule has 80 valence electrons. The molecule has 0 aromatic carbocycles. The summed E-state index contributed by atoms with van der Waals surface area (Å²) in [4.78, 5) is 20.9. The Labute approximate surface area is 83.2 Å². The number of unbranched alkanes of at least 4 members (excludes halogenated alkanes) is 3. The van der Waals surface area contributed by atoms with Crippen molar-refractivity contribution >= 4 is 18.1 Å². The first-order valence-corrected chi connectivity index (χ1v) is 4.71. The highest BCUT2D eigenvalue weighted by Crippen LogP contribution is 2.01. The number of nitrogens with zero attached hydrogens (tertiary/aromatic N) is 1. The van der Waals surface area contributed by atoms with Gasteiger partial charge in [0.05, 0.1) is 0 Å². The second-order valence-corrected chi connectivity index (χ2v) is 2.94. The lowest BCUT2D eigenvalue weighted by molar-refractivity contribution is -0.128. The van der Waals surface area contributed by atoms with Gasteiger partial charge in [0, 0.05) is 6.42 Å². The number of aliphatic carboxylic acids is 1. The standard InChI is InChI=1S/C9H16N2O3/c1-2-3-4-5-6-8(12)11-10-7-9(13)14/h7H,2-6H2,1H3,(H,11,12)(H,13,14)/b10-7-. The van der Waals surface area contributed by atoms with Crippen molar-refractivity contribution in [2.75, 3.05) is 0 Å². The van der Waals surface area contributed by atoms with E-state index in [0.717, 1.165) is 25.7 Å². The van der Waals surface area contributed by atoms with Crippen molar-refractivity contribution in [3.8, 4) is 0 Å². The Kier molecular flexibility index (Phi) is 7.40. The largest absolute Gasteiger partial charge is 0.477 e. The van der Waals surface area contributed by atoms with E-state index in [1.165, 1.54) is 0 Å². The number of hydrogen-bond acceptors (Lipinski definition) is 3. The van der Waals surface area contributed by atoms with Crippen molar-refractivity contribution in [3.63, 3.8) is 0 Å². The minimum Gasteiger partial charge on any atom is -0.477 e. The molecule has 1 amide bonds. The van der Waals surface area contributed by atoms with Gasteiger partial charge < -0.3 is 5.11 Å². The van der Waals surface area contributed by atoms with E-state index in [-0.39, 0.29) is 5.91 Å². The Morgan fingerprint density at radius 3 is 2.64 bits per heavy atom. The Morgan fingerprint density at radius 1 is 1.36 bits per heavy atom. The highest BCUT2D eigenvalue weighted by atomic mass is 16.4. The van der Waals surface area contributed by atoms with Crippen LogP contribution in [0, 0.1) is 0 Å². The van der Waals surface area contributed by atoms with Crippen LogP contribution in [0.2, 0.25) is 0 Å². The fourth-order valence-corrected chi connectivity index (χ4v) is 0.928. The smallest absolute Gasteiger partial charge is 0.348 e. The SMILES string of the molecule is CCCCCCC(=O)N/N=C\C(=O)O. The molecule has 5 heteroatoms. The van der Waals surface area contributed by atoms with E-state index < -0.39 is 5.97 Å². The molecule has 0 aliphatic heterocycles. The Bertz CT molecular complexity index is 214. The van der Waals surface area contributed by atoms with Gasteiger partial charge in [0.15, 0.2) is 0 Å². The summed E-state index contributed by atoms with van der Waals surface area (Å²) >= 11 is 0. The number of nitrogens with one attached hydrogen (secondary N) is 1. The van der Waals surface area contributed by atoms with Gasteiger partial charge in [0.2, 0.25) is 5.91 Å². The molecule has 2 N–H and O–H groups in total. The van der Waals surface area contributed by atoms with Gasteiger partial charge in [-0.2, -0.15) is 5.10 Å². The fourth-order valence-electron chi connectivity index (χ4n) is 0.928. The van der Waals surface area contributed by atoms with Crippen molar-refractivity contribution in [1.29, 1.82) is 0 Å². The summed E-state index contributed by atoms with van der Waals surface area (Å²) in [5.74, 6) is -1.41. The van der Waals surface area contributed by atoms with Crippen LogP contribution in [-0.4, -0.2) is 23.2 Å². The van der Waals surface area contributed by atoms with Gasteiger partial charge in [-0.15, -0.1) is 0 Å². The second kappa shape index (κ2) is 8.22. The molecular formula is C9H16N2O3. The van der Waals surface area contributed by atoms with Gasteiger partial charge >= 0.3 is 5.97 Å². The van der Waals surface area contributed by atoms with E-state index in [0.29, 0.717) is 12.6 Å². The number of carboxylic acid groups (broad SMARTS) is 1. The van der Waals surface area contributed by atoms with Gasteiger partial charge in [-0.3, -0.25) is 4.79 Å². The van der Waals surface area contributed by atoms with Crippen LogP contribution in [0.5, 0.6) is 0 Å². The van der Waals surface area contributed by atoms with Gasteiger partial charge in [0.25, 0.3) is 0 Å². The molecule has 0 aromatic heterocycles. The highest BCUT2D eigenvalue weighted by Gasteiger charge is 1.98. The number of rotatable bonds is 7. The van der Waals surface area contributed by atoms with Gasteiger partial charge in [-0.1, -0.05) is 26.2 Å². The zero-order valence-corrected chi connectivity index (χ0v) is 8.32. The number of hydrogen-bond donors (Lipinski definition) is 2. The van der Waals surface area contributed by atoms with Crippen LogP contribution in [0.25, 0.3) is 0 Å². The maximum Gasteiger partial charge on any atom is 0.348 e. The maximum absolute atomic E-state index is 11.0. The molecular weight excluding hydrogens is 184 g/mol. The predicted octanol–water partition coefficient (Wildman–Crippen LogP) is 1.14. The number of carboxylic acids is 1. The summed E-state index contributed by atoms with van der Waals surface area (Å²) < 4.78 is 0. The molecule has 0 heterocycles. The zero-order chi connectivity index (χ0) is 10.8. The van der Waals surface area contributed by atoms with Crippen LogP contribution in [-0.2, 0) is 9.59 Å². The minimum absolute atomic E-state index is 0.237. The van der Waals surface area contributed by atoms with Crippen molar-refractivity contribution in [1.82, 2.24) is 5.43 Å². The van der Waals surface area contributed by atoms with E-state index >= 15 is 0 Å². The molecule has 0 saturated heterocycles. The first kappa shape index (κ1) is 12.6. The van der Waals surface area contributed by atoms with Crippen LogP contribution in [0.3, 0.4) is 0 Å². The molecule has 0 aliphatic rings. The molecule has 0 radical (unpaired) electrons. The molecule has 0 fully saturated rings. The van der Waals surface area contributed by atoms with Gasteiger partial charge in [-0.25, -0.2) is 10.2 Å². The molecule has 14 heavy (non-hydrogen) atoms. The molecule has 0 unspecified atom stereocenters. The van der Waals surface area contributed by atoms with Gasteiger partial charge in [-0.05, 0) is 6.42 Å². The Morgan fingerprint density at radius 2 is 2.07 bits per heavy atom. The summed E-state index contributed by atoms with van der Waals surface area (Å²) in [5, 5.41) is 11.4. The maximum atomic E-state index is 11.0. The molecule has 0 bridgehead atoms. The number of hydrazone groups is 1. The van der Waals surface area contributed by atoms with Crippen LogP contribution in [0.4, 0.5) is 0 Å². The molecule has 0 saturated carbocycles. The van der Waals surface area contributed by atoms with Crippen LogP contribution < -0.4 is 5.43 Å². The van der Waals surface area contributed by atoms with Crippen LogP contribution in [0.15, 0.2) is 5.10 Å². The first-order chi connectivity index (χ1) is 6.66. The van der Waals surface area contributed by atoms with Crippen LogP contribution in [0.1, 0.15) is 39.0 Å². The summed E-state index contributed by atoms with van der Waals surface area (Å²) in [6.45, 7) is 2.09. The molecule has 0 aromatic rings. The molecule has 0 aliphatic carbocycles. The fraction of sp³-hybridized carbons (Fsp3) is 0.667. The van der Waals surface area contributed by atoms with Crippen molar-refractivity contribution in [2.24, 2.45) is 5.10 Å². The van der Waals surface area contributed by atoms with Crippen LogP contribution >= 0.6 is 0 Å². The molecule has 0 spiro atoms. The van der Waals surface area contributed by atoms with E-state index in [9.17, 15) is 9.59 Å². The number of carbonyl (C=O) groups excluding carboxylic acids is 1. The predicted molar refractivity (Wildman–Crippen MR) is 53.0 cm³/mol. The molecule has 0 rings (SSSR count). The highest BCUT2D eigenvalue weighted by molar-refractivity contribution is 6.22. The monoisotopic (exact) mass is 200 g/mol. The third kappa shape index (κ3) is 8.70. The molecule has 0 atom stereocenters. The van der Waals surface area contributed by atoms with E-state index in [2.05, 4.69) is 17.5 Å². The van der Waals surface area contributed by atoms with E-state index in [1.54, 1.807) is 0 Å². The van der Waals surface area contributed by atoms with Crippen molar-refractivity contribution < 1.29 is 14.7 Å². The average Bonchev–Trinajstić information content (AvgIpc) is 2.12. The summed E-state index contributed by atoms with van der Waals surface area (Å²) in [6, 6.07) is 0. The molecule has 5 nitrogen and oxygen atoms in total. The Hall–Kier alpha value is -1.39. The summed E-state index contributed by atoms with van der Waals surface area (Å²) in [6.07, 6.45) is 5.14. The van der Waals surface area contributed by atoms with Crippen molar-refractivity contribution in [3.05, 3.63) is 0 Å². The first-order valence-electron chi connectivity index (χ1n) is 4.71. The summed E-state index contributed by atoms with van der Waals surface area (Å²) in [5.41, 5.74) is 2.14. The lowest BCUT2D eigenvalue weighted by Crippen LogP contribution is -2.17. The second-order valence-electron chi connectivity index (χ2n) is 2.94. The Balaban J connectivity index is 3.41. The lowest BCUT2D eigenvalue weighted by Gasteiger charge is -1.98. The minimum atomic E-state index is -1.17. The summed E-state index contributed by atoms with van der Waals surface area (Å²) in [7, 11) is 0. The normalized spacial score (nSPS) is 10.4. The van der Waals surface area contributed by atoms with E-state index in [4.69, 9.17) is 5.11 Å².